The molecule has 1 saturated heterocycles. The highest BCUT2D eigenvalue weighted by atomic mass is 16.5. The molecule has 20 heavy (non-hydrogen) atoms. The Bertz CT molecular complexity index is 454. The molecule has 1 aliphatic heterocycles. The van der Waals surface area contributed by atoms with Crippen LogP contribution in [-0.2, 0) is 11.2 Å². The summed E-state index contributed by atoms with van der Waals surface area (Å²) in [6, 6.07) is 0. The minimum Gasteiger partial charge on any atom is -0.496 e. The van der Waals surface area contributed by atoms with Crippen molar-refractivity contribution >= 4 is 0 Å². The number of aryl methyl sites for hydroxylation is 1. The zero-order chi connectivity index (χ0) is 14.6. The van der Waals surface area contributed by atoms with Gasteiger partial charge >= 0.3 is 0 Å². The smallest absolute Gasteiger partial charge is 0.128 e. The molecule has 1 unspecified atom stereocenters. The van der Waals surface area contributed by atoms with Crippen LogP contribution in [0.2, 0.25) is 0 Å². The Morgan fingerprint density at radius 1 is 1.45 bits per heavy atom. The number of aromatic nitrogens is 1. The van der Waals surface area contributed by atoms with Crippen LogP contribution in [0.1, 0.15) is 30.2 Å². The Balaban J connectivity index is 2.23. The molecule has 4 heteroatoms. The van der Waals surface area contributed by atoms with Gasteiger partial charge in [-0.3, -0.25) is 4.98 Å². The van der Waals surface area contributed by atoms with Crippen LogP contribution in [-0.4, -0.2) is 38.4 Å². The van der Waals surface area contributed by atoms with Crippen molar-refractivity contribution in [2.75, 3.05) is 33.4 Å². The SMILES string of the molecule is CCNCC1(Cc2ncc(C)c(OC)c2C)CCOC1. The van der Waals surface area contributed by atoms with Gasteiger partial charge in [0, 0.05) is 41.6 Å². The van der Waals surface area contributed by atoms with Crippen LogP contribution in [0.25, 0.3) is 0 Å². The molecule has 1 aromatic heterocycles. The summed E-state index contributed by atoms with van der Waals surface area (Å²) in [6.45, 7) is 9.93. The molecule has 1 aliphatic rings. The average Bonchev–Trinajstić information content (AvgIpc) is 2.90. The minimum absolute atomic E-state index is 0.175. The first-order valence-electron chi connectivity index (χ1n) is 7.39. The van der Waals surface area contributed by atoms with Crippen LogP contribution in [0.3, 0.4) is 0 Å². The van der Waals surface area contributed by atoms with Crippen LogP contribution < -0.4 is 10.1 Å². The van der Waals surface area contributed by atoms with Crippen LogP contribution in [0.15, 0.2) is 6.20 Å². The van der Waals surface area contributed by atoms with Gasteiger partial charge in [-0.25, -0.2) is 0 Å². The maximum absolute atomic E-state index is 5.65. The third kappa shape index (κ3) is 3.13. The summed E-state index contributed by atoms with van der Waals surface area (Å²) in [7, 11) is 1.73. The van der Waals surface area contributed by atoms with E-state index < -0.39 is 0 Å². The molecule has 1 aromatic rings. The zero-order valence-corrected chi connectivity index (χ0v) is 13.1. The van der Waals surface area contributed by atoms with E-state index in [-0.39, 0.29) is 5.41 Å². The standard InChI is InChI=1S/C16H26N2O2/c1-5-17-10-16(6-7-20-11-16)8-14-13(3)15(19-4)12(2)9-18-14/h9,17H,5-8,10-11H2,1-4H3. The minimum atomic E-state index is 0.175. The van der Waals surface area contributed by atoms with Crippen LogP contribution in [0.5, 0.6) is 5.75 Å². The second-order valence-electron chi connectivity index (χ2n) is 5.81. The van der Waals surface area contributed by atoms with Crippen molar-refractivity contribution in [2.45, 2.75) is 33.6 Å². The monoisotopic (exact) mass is 278 g/mol. The first-order chi connectivity index (χ1) is 9.62. The predicted molar refractivity (Wildman–Crippen MR) is 80.4 cm³/mol. The molecular weight excluding hydrogens is 252 g/mol. The van der Waals surface area contributed by atoms with Crippen LogP contribution in [0.4, 0.5) is 0 Å². The lowest BCUT2D eigenvalue weighted by molar-refractivity contribution is 0.149. The summed E-state index contributed by atoms with van der Waals surface area (Å²) in [5, 5.41) is 3.47. The summed E-state index contributed by atoms with van der Waals surface area (Å²) in [6.07, 6.45) is 3.96. The van der Waals surface area contributed by atoms with E-state index in [0.29, 0.717) is 0 Å². The van der Waals surface area contributed by atoms with Gasteiger partial charge in [0.2, 0.25) is 0 Å². The largest absolute Gasteiger partial charge is 0.496 e. The lowest BCUT2D eigenvalue weighted by atomic mass is 9.81. The molecule has 1 atom stereocenters. The molecule has 0 amide bonds. The van der Waals surface area contributed by atoms with E-state index >= 15 is 0 Å². The number of nitrogens with zero attached hydrogens (tertiary/aromatic N) is 1. The summed E-state index contributed by atoms with van der Waals surface area (Å²) >= 11 is 0. The van der Waals surface area contributed by atoms with Crippen molar-refractivity contribution in [1.29, 1.82) is 0 Å². The highest BCUT2D eigenvalue weighted by Gasteiger charge is 2.35. The van der Waals surface area contributed by atoms with Gasteiger partial charge in [0.25, 0.3) is 0 Å². The van der Waals surface area contributed by atoms with Gasteiger partial charge in [-0.15, -0.1) is 0 Å². The van der Waals surface area contributed by atoms with E-state index in [4.69, 9.17) is 9.47 Å². The second kappa shape index (κ2) is 6.55. The molecule has 0 aromatic carbocycles. The Morgan fingerprint density at radius 3 is 2.85 bits per heavy atom. The summed E-state index contributed by atoms with van der Waals surface area (Å²) in [5.74, 6) is 0.965. The first-order valence-corrected chi connectivity index (χ1v) is 7.39. The molecule has 1 fully saturated rings. The van der Waals surface area contributed by atoms with E-state index in [1.807, 2.05) is 13.1 Å². The fourth-order valence-corrected chi connectivity index (χ4v) is 2.99. The molecule has 0 bridgehead atoms. The Morgan fingerprint density at radius 2 is 2.25 bits per heavy atom. The van der Waals surface area contributed by atoms with E-state index in [2.05, 4.69) is 24.1 Å². The number of pyridine rings is 1. The predicted octanol–water partition coefficient (Wildman–Crippen LogP) is 2.27. The van der Waals surface area contributed by atoms with Crippen molar-refractivity contribution < 1.29 is 9.47 Å². The molecule has 112 valence electrons. The van der Waals surface area contributed by atoms with Crippen LogP contribution >= 0.6 is 0 Å². The normalized spacial score (nSPS) is 22.2. The molecule has 0 aliphatic carbocycles. The van der Waals surface area contributed by atoms with Crippen molar-refractivity contribution in [3.63, 3.8) is 0 Å². The van der Waals surface area contributed by atoms with Gasteiger partial charge in [-0.1, -0.05) is 6.92 Å². The van der Waals surface area contributed by atoms with Gasteiger partial charge in [-0.05, 0) is 33.2 Å². The lowest BCUT2D eigenvalue weighted by Gasteiger charge is -2.28. The van der Waals surface area contributed by atoms with E-state index in [0.717, 1.165) is 61.7 Å². The van der Waals surface area contributed by atoms with Crippen molar-refractivity contribution in [3.05, 3.63) is 23.0 Å². The molecular formula is C16H26N2O2. The molecule has 2 rings (SSSR count). The summed E-state index contributed by atoms with van der Waals surface area (Å²) < 4.78 is 11.2. The number of methoxy groups -OCH3 is 1. The van der Waals surface area contributed by atoms with Gasteiger partial charge < -0.3 is 14.8 Å². The molecule has 2 heterocycles. The van der Waals surface area contributed by atoms with Gasteiger partial charge in [0.05, 0.1) is 13.7 Å². The van der Waals surface area contributed by atoms with Gasteiger partial charge in [0.1, 0.15) is 5.75 Å². The average molecular weight is 278 g/mol. The fraction of sp³-hybridized carbons (Fsp3) is 0.688. The number of rotatable bonds is 6. The topological polar surface area (TPSA) is 43.4 Å². The maximum Gasteiger partial charge on any atom is 0.128 e. The quantitative estimate of drug-likeness (QED) is 0.867. The zero-order valence-electron chi connectivity index (χ0n) is 13.1. The second-order valence-corrected chi connectivity index (χ2v) is 5.81. The van der Waals surface area contributed by atoms with Crippen LogP contribution in [0, 0.1) is 19.3 Å². The molecule has 4 nitrogen and oxygen atoms in total. The number of hydrogen-bond donors (Lipinski definition) is 1. The van der Waals surface area contributed by atoms with Crippen molar-refractivity contribution in [3.8, 4) is 5.75 Å². The summed E-state index contributed by atoms with van der Waals surface area (Å²) in [4.78, 5) is 4.64. The Kier molecular flexibility index (Phi) is 5.00. The van der Waals surface area contributed by atoms with E-state index in [1.54, 1.807) is 7.11 Å². The molecule has 0 spiro atoms. The molecule has 0 saturated carbocycles. The third-order valence-corrected chi connectivity index (χ3v) is 4.23. The Hall–Kier alpha value is -1.13. The fourth-order valence-electron chi connectivity index (χ4n) is 2.99. The lowest BCUT2D eigenvalue weighted by Crippen LogP contribution is -2.37. The van der Waals surface area contributed by atoms with Gasteiger partial charge in [0.15, 0.2) is 0 Å². The maximum atomic E-state index is 5.65. The summed E-state index contributed by atoms with van der Waals surface area (Å²) in [5.41, 5.74) is 3.57. The number of hydrogen-bond acceptors (Lipinski definition) is 4. The van der Waals surface area contributed by atoms with Crippen molar-refractivity contribution in [1.82, 2.24) is 10.3 Å². The Labute approximate surface area is 121 Å². The number of nitrogens with one attached hydrogen (secondary N) is 1. The highest BCUT2D eigenvalue weighted by Crippen LogP contribution is 2.34. The van der Waals surface area contributed by atoms with Gasteiger partial charge in [-0.2, -0.15) is 0 Å². The molecule has 0 radical (unpaired) electrons. The first kappa shape index (κ1) is 15.3. The van der Waals surface area contributed by atoms with E-state index in [9.17, 15) is 0 Å². The third-order valence-electron chi connectivity index (χ3n) is 4.23. The van der Waals surface area contributed by atoms with Crippen molar-refractivity contribution in [2.24, 2.45) is 5.41 Å². The highest BCUT2D eigenvalue weighted by molar-refractivity contribution is 5.41. The van der Waals surface area contributed by atoms with E-state index in [1.165, 1.54) is 0 Å². The number of ether oxygens (including phenoxy) is 2. The molecule has 1 N–H and O–H groups in total.